The van der Waals surface area contributed by atoms with Gasteiger partial charge in [-0.05, 0) is 31.8 Å². The Morgan fingerprint density at radius 2 is 2.00 bits per heavy atom. The molecule has 0 saturated carbocycles. The molecular weight excluding hydrogens is 112 g/mol. The lowest BCUT2D eigenvalue weighted by atomic mass is 9.94. The van der Waals surface area contributed by atoms with E-state index in [4.69, 9.17) is 0 Å². The fraction of sp³-hybridized carbons (Fsp3) is 1.00. The molecule has 2 atom stereocenters. The monoisotopic (exact) mass is 126 g/mol. The summed E-state index contributed by atoms with van der Waals surface area (Å²) in [6, 6.07) is 0.804. The summed E-state index contributed by atoms with van der Waals surface area (Å²) >= 11 is 0. The van der Waals surface area contributed by atoms with Crippen LogP contribution in [0.4, 0.5) is 0 Å². The van der Waals surface area contributed by atoms with Crippen molar-refractivity contribution in [3.8, 4) is 0 Å². The molecule has 52 valence electrons. The van der Waals surface area contributed by atoms with E-state index >= 15 is 0 Å². The summed E-state index contributed by atoms with van der Waals surface area (Å²) < 4.78 is 0. The van der Waals surface area contributed by atoms with Gasteiger partial charge in [0.1, 0.15) is 0 Å². The van der Waals surface area contributed by atoms with Gasteiger partial charge >= 0.3 is 0 Å². The van der Waals surface area contributed by atoms with Crippen LogP contribution in [0.3, 0.4) is 0 Å². The first kappa shape index (κ1) is 5.69. The van der Waals surface area contributed by atoms with Gasteiger partial charge in [0, 0.05) is 12.6 Å². The summed E-state index contributed by atoms with van der Waals surface area (Å²) in [6.45, 7) is 3.69. The molecule has 2 nitrogen and oxygen atoms in total. The average Bonchev–Trinajstić information content (AvgIpc) is 2.33. The third-order valence-corrected chi connectivity index (χ3v) is 2.55. The molecule has 2 heteroatoms. The molecule has 0 bridgehead atoms. The van der Waals surface area contributed by atoms with Crippen LogP contribution >= 0.6 is 0 Å². The molecule has 2 saturated heterocycles. The van der Waals surface area contributed by atoms with Crippen LogP contribution in [0.5, 0.6) is 0 Å². The molecule has 0 aromatic heterocycles. The molecule has 2 unspecified atom stereocenters. The molecule has 2 aliphatic rings. The van der Waals surface area contributed by atoms with Crippen molar-refractivity contribution >= 4 is 0 Å². The number of nitrogens with one attached hydrogen (secondary N) is 2. The van der Waals surface area contributed by atoms with Gasteiger partial charge in [-0.2, -0.15) is 0 Å². The highest BCUT2D eigenvalue weighted by atomic mass is 15.0. The van der Waals surface area contributed by atoms with E-state index in [0.29, 0.717) is 0 Å². The van der Waals surface area contributed by atoms with Crippen LogP contribution in [0.15, 0.2) is 0 Å². The van der Waals surface area contributed by atoms with Crippen molar-refractivity contribution in [3.05, 3.63) is 0 Å². The van der Waals surface area contributed by atoms with Crippen molar-refractivity contribution in [2.75, 3.05) is 19.6 Å². The van der Waals surface area contributed by atoms with Gasteiger partial charge in [0.2, 0.25) is 0 Å². The Morgan fingerprint density at radius 3 is 2.89 bits per heavy atom. The van der Waals surface area contributed by atoms with Gasteiger partial charge in [0.05, 0.1) is 0 Å². The fourth-order valence-electron chi connectivity index (χ4n) is 1.95. The molecular formula is C7H14N2. The van der Waals surface area contributed by atoms with Crippen molar-refractivity contribution in [2.24, 2.45) is 5.92 Å². The summed E-state index contributed by atoms with van der Waals surface area (Å²) in [4.78, 5) is 0. The van der Waals surface area contributed by atoms with Gasteiger partial charge in [-0.25, -0.2) is 0 Å². The predicted molar refractivity (Wildman–Crippen MR) is 37.4 cm³/mol. The second-order valence-electron chi connectivity index (χ2n) is 3.10. The summed E-state index contributed by atoms with van der Waals surface area (Å²) in [6.07, 6.45) is 2.80. The molecule has 0 aromatic rings. The lowest BCUT2D eigenvalue weighted by Gasteiger charge is -2.25. The summed E-state index contributed by atoms with van der Waals surface area (Å²) in [7, 11) is 0. The Bertz CT molecular complexity index is 91.1. The zero-order chi connectivity index (χ0) is 6.10. The number of rotatable bonds is 0. The van der Waals surface area contributed by atoms with E-state index < -0.39 is 0 Å². The minimum Gasteiger partial charge on any atom is -0.315 e. The number of hydrogen-bond acceptors (Lipinski definition) is 2. The maximum Gasteiger partial charge on any atom is 0.0221 e. The molecule has 0 aliphatic carbocycles. The molecule has 0 amide bonds. The molecule has 2 aliphatic heterocycles. The van der Waals surface area contributed by atoms with Crippen LogP contribution in [0.1, 0.15) is 12.8 Å². The van der Waals surface area contributed by atoms with Crippen molar-refractivity contribution in [1.29, 1.82) is 0 Å². The molecule has 2 rings (SSSR count). The Labute approximate surface area is 56.0 Å². The molecule has 0 aromatic carbocycles. The first-order chi connectivity index (χ1) is 4.47. The van der Waals surface area contributed by atoms with Crippen LogP contribution in [0.25, 0.3) is 0 Å². The molecule has 2 heterocycles. The van der Waals surface area contributed by atoms with Crippen LogP contribution in [-0.4, -0.2) is 25.7 Å². The Balaban J connectivity index is 1.97. The van der Waals surface area contributed by atoms with Gasteiger partial charge in [-0.1, -0.05) is 0 Å². The third-order valence-electron chi connectivity index (χ3n) is 2.55. The highest BCUT2D eigenvalue weighted by molar-refractivity contribution is 4.88. The van der Waals surface area contributed by atoms with Crippen LogP contribution in [-0.2, 0) is 0 Å². The Kier molecular flexibility index (Phi) is 1.44. The van der Waals surface area contributed by atoms with E-state index in [1.165, 1.54) is 32.5 Å². The fourth-order valence-corrected chi connectivity index (χ4v) is 1.95. The molecule has 2 N–H and O–H groups in total. The van der Waals surface area contributed by atoms with Gasteiger partial charge in [0.25, 0.3) is 0 Å². The highest BCUT2D eigenvalue weighted by Gasteiger charge is 2.28. The number of hydrogen-bond donors (Lipinski definition) is 2. The van der Waals surface area contributed by atoms with Crippen molar-refractivity contribution in [1.82, 2.24) is 10.6 Å². The average molecular weight is 126 g/mol. The van der Waals surface area contributed by atoms with Gasteiger partial charge in [-0.15, -0.1) is 0 Å². The van der Waals surface area contributed by atoms with E-state index in [1.807, 2.05) is 0 Å². The van der Waals surface area contributed by atoms with Crippen molar-refractivity contribution in [2.45, 2.75) is 18.9 Å². The van der Waals surface area contributed by atoms with Gasteiger partial charge in [-0.3, -0.25) is 0 Å². The Hall–Kier alpha value is -0.0800. The lowest BCUT2D eigenvalue weighted by molar-refractivity contribution is 0.343. The molecule has 0 radical (unpaired) electrons. The topological polar surface area (TPSA) is 24.1 Å². The minimum absolute atomic E-state index is 0.804. The highest BCUT2D eigenvalue weighted by Crippen LogP contribution is 2.20. The number of piperidine rings is 1. The van der Waals surface area contributed by atoms with E-state index in [9.17, 15) is 0 Å². The maximum absolute atomic E-state index is 3.50. The second kappa shape index (κ2) is 2.27. The molecule has 2 fully saturated rings. The third kappa shape index (κ3) is 0.970. The van der Waals surface area contributed by atoms with Crippen molar-refractivity contribution in [3.63, 3.8) is 0 Å². The first-order valence-corrected chi connectivity index (χ1v) is 3.91. The van der Waals surface area contributed by atoms with Crippen molar-refractivity contribution < 1.29 is 0 Å². The second-order valence-corrected chi connectivity index (χ2v) is 3.10. The molecule has 9 heavy (non-hydrogen) atoms. The van der Waals surface area contributed by atoms with Crippen LogP contribution < -0.4 is 10.6 Å². The summed E-state index contributed by atoms with van der Waals surface area (Å²) in [5, 5.41) is 6.89. The predicted octanol–water partition coefficient (Wildman–Crippen LogP) is -0.0422. The standard InChI is InChI=1S/C7H14N2/c1-3-8-5-7-6(1)2-4-9-7/h6-9H,1-5H2. The van der Waals surface area contributed by atoms with Gasteiger partial charge in [0.15, 0.2) is 0 Å². The Morgan fingerprint density at radius 1 is 1.11 bits per heavy atom. The maximum atomic E-state index is 3.50. The zero-order valence-corrected chi connectivity index (χ0v) is 5.69. The normalized spacial score (nSPS) is 42.7. The van der Waals surface area contributed by atoms with E-state index in [0.717, 1.165) is 12.0 Å². The SMILES string of the molecule is C1CC2CCNC2CN1. The van der Waals surface area contributed by atoms with E-state index in [1.54, 1.807) is 0 Å². The molecule has 0 spiro atoms. The van der Waals surface area contributed by atoms with E-state index in [2.05, 4.69) is 10.6 Å². The minimum atomic E-state index is 0.804. The summed E-state index contributed by atoms with van der Waals surface area (Å²) in [5.41, 5.74) is 0. The lowest BCUT2D eigenvalue weighted by Crippen LogP contribution is -2.43. The van der Waals surface area contributed by atoms with Gasteiger partial charge < -0.3 is 10.6 Å². The zero-order valence-electron chi connectivity index (χ0n) is 5.69. The van der Waals surface area contributed by atoms with Crippen LogP contribution in [0, 0.1) is 5.92 Å². The first-order valence-electron chi connectivity index (χ1n) is 3.91. The smallest absolute Gasteiger partial charge is 0.0221 e. The summed E-state index contributed by atoms with van der Waals surface area (Å²) in [5.74, 6) is 0.992. The quantitative estimate of drug-likeness (QED) is 0.476. The number of fused-ring (bicyclic) bond motifs is 1. The van der Waals surface area contributed by atoms with E-state index in [-0.39, 0.29) is 0 Å². The largest absolute Gasteiger partial charge is 0.315 e. The van der Waals surface area contributed by atoms with Crippen LogP contribution in [0.2, 0.25) is 0 Å².